The van der Waals surface area contributed by atoms with Gasteiger partial charge in [0.25, 0.3) is 0 Å². The number of likely N-dealkylation sites (N-methyl/N-ethyl adjacent to an activating group) is 1. The molecule has 3 rings (SSSR count). The summed E-state index contributed by atoms with van der Waals surface area (Å²) in [5.74, 6) is -1.11. The van der Waals surface area contributed by atoms with Gasteiger partial charge in [-0.2, -0.15) is 0 Å². The standard InChI is InChI=1S/C22H27N3O2/c1-2-24(17-18-9-5-3-6-10-18)22(27)21(26)23-19-11-13-20(14-12-19)25-15-7-4-8-16-25/h3,5-6,9-14H,2,4,7-8,15-17H2,1H3,(H,23,26). The lowest BCUT2D eigenvalue weighted by Gasteiger charge is -2.28. The average Bonchev–Trinajstić information content (AvgIpc) is 2.73. The molecule has 1 saturated heterocycles. The Bertz CT molecular complexity index is 753. The normalized spacial score (nSPS) is 13.9. The zero-order valence-corrected chi connectivity index (χ0v) is 15.9. The van der Waals surface area contributed by atoms with Crippen molar-refractivity contribution in [2.75, 3.05) is 29.9 Å². The first kappa shape index (κ1) is 19.0. The van der Waals surface area contributed by atoms with Crippen LogP contribution in [0, 0.1) is 0 Å². The molecule has 0 spiro atoms. The molecule has 0 aliphatic carbocycles. The molecule has 2 aromatic rings. The maximum Gasteiger partial charge on any atom is 0.313 e. The van der Waals surface area contributed by atoms with Crippen LogP contribution in [0.5, 0.6) is 0 Å². The van der Waals surface area contributed by atoms with E-state index in [0.717, 1.165) is 18.7 Å². The van der Waals surface area contributed by atoms with E-state index in [4.69, 9.17) is 0 Å². The molecule has 2 aromatic carbocycles. The van der Waals surface area contributed by atoms with Crippen LogP contribution in [0.1, 0.15) is 31.7 Å². The van der Waals surface area contributed by atoms with Crippen molar-refractivity contribution in [2.24, 2.45) is 0 Å². The van der Waals surface area contributed by atoms with E-state index in [0.29, 0.717) is 18.8 Å². The number of carbonyl (C=O) groups excluding carboxylic acids is 2. The summed E-state index contributed by atoms with van der Waals surface area (Å²) in [5.41, 5.74) is 2.81. The average molecular weight is 365 g/mol. The summed E-state index contributed by atoms with van der Waals surface area (Å²) in [6.45, 7) is 4.94. The Morgan fingerprint density at radius 1 is 0.963 bits per heavy atom. The van der Waals surface area contributed by atoms with E-state index in [9.17, 15) is 9.59 Å². The molecule has 0 aromatic heterocycles. The molecule has 0 unspecified atom stereocenters. The number of hydrogen-bond acceptors (Lipinski definition) is 3. The fraction of sp³-hybridized carbons (Fsp3) is 0.364. The molecule has 1 heterocycles. The first-order chi connectivity index (χ1) is 13.2. The van der Waals surface area contributed by atoms with Crippen molar-refractivity contribution in [3.8, 4) is 0 Å². The fourth-order valence-electron chi connectivity index (χ4n) is 3.37. The van der Waals surface area contributed by atoms with Crippen LogP contribution in [0.15, 0.2) is 54.6 Å². The number of carbonyl (C=O) groups is 2. The largest absolute Gasteiger partial charge is 0.372 e. The van der Waals surface area contributed by atoms with Gasteiger partial charge in [-0.15, -0.1) is 0 Å². The lowest BCUT2D eigenvalue weighted by atomic mass is 10.1. The highest BCUT2D eigenvalue weighted by molar-refractivity contribution is 6.39. The topological polar surface area (TPSA) is 52.7 Å². The van der Waals surface area contributed by atoms with Gasteiger partial charge in [0.15, 0.2) is 0 Å². The van der Waals surface area contributed by atoms with Gasteiger partial charge in [0.2, 0.25) is 0 Å². The molecule has 5 nitrogen and oxygen atoms in total. The molecule has 1 fully saturated rings. The van der Waals surface area contributed by atoms with Crippen molar-refractivity contribution < 1.29 is 9.59 Å². The van der Waals surface area contributed by atoms with E-state index in [1.54, 1.807) is 4.90 Å². The van der Waals surface area contributed by atoms with Crippen molar-refractivity contribution in [1.82, 2.24) is 4.90 Å². The van der Waals surface area contributed by atoms with E-state index in [2.05, 4.69) is 10.2 Å². The second kappa shape index (κ2) is 9.21. The van der Waals surface area contributed by atoms with Crippen LogP contribution in [0.25, 0.3) is 0 Å². The second-order valence-corrected chi connectivity index (χ2v) is 6.85. The summed E-state index contributed by atoms with van der Waals surface area (Å²) in [7, 11) is 0. The van der Waals surface area contributed by atoms with Crippen LogP contribution in [-0.4, -0.2) is 36.3 Å². The molecule has 1 N–H and O–H groups in total. The van der Waals surface area contributed by atoms with Crippen LogP contribution in [0.2, 0.25) is 0 Å². The molecule has 0 bridgehead atoms. The smallest absolute Gasteiger partial charge is 0.313 e. The van der Waals surface area contributed by atoms with Gasteiger partial charge in [-0.3, -0.25) is 9.59 Å². The second-order valence-electron chi connectivity index (χ2n) is 6.85. The zero-order chi connectivity index (χ0) is 19.1. The van der Waals surface area contributed by atoms with Crippen LogP contribution in [0.3, 0.4) is 0 Å². The van der Waals surface area contributed by atoms with E-state index >= 15 is 0 Å². The van der Waals surface area contributed by atoms with Crippen molar-refractivity contribution >= 4 is 23.2 Å². The Balaban J connectivity index is 1.59. The predicted octanol–water partition coefficient (Wildman–Crippen LogP) is 3.66. The minimum absolute atomic E-state index is 0.428. The summed E-state index contributed by atoms with van der Waals surface area (Å²) in [6, 6.07) is 17.4. The molecule has 1 aliphatic heterocycles. The van der Waals surface area contributed by atoms with Gasteiger partial charge in [-0.1, -0.05) is 30.3 Å². The van der Waals surface area contributed by atoms with Crippen molar-refractivity contribution in [2.45, 2.75) is 32.7 Å². The van der Waals surface area contributed by atoms with Gasteiger partial charge in [-0.25, -0.2) is 0 Å². The Morgan fingerprint density at radius 2 is 1.63 bits per heavy atom. The van der Waals surface area contributed by atoms with Crippen LogP contribution < -0.4 is 10.2 Å². The Kier molecular flexibility index (Phi) is 6.47. The summed E-state index contributed by atoms with van der Waals surface area (Å²) >= 11 is 0. The first-order valence-corrected chi connectivity index (χ1v) is 9.66. The van der Waals surface area contributed by atoms with Gasteiger partial charge >= 0.3 is 11.8 Å². The summed E-state index contributed by atoms with van der Waals surface area (Å²) < 4.78 is 0. The lowest BCUT2D eigenvalue weighted by Crippen LogP contribution is -2.39. The third-order valence-electron chi connectivity index (χ3n) is 4.93. The molecule has 27 heavy (non-hydrogen) atoms. The monoisotopic (exact) mass is 365 g/mol. The molecule has 2 amide bonds. The number of piperidine rings is 1. The predicted molar refractivity (Wildman–Crippen MR) is 109 cm³/mol. The van der Waals surface area contributed by atoms with Crippen molar-refractivity contribution in [3.63, 3.8) is 0 Å². The molecular weight excluding hydrogens is 338 g/mol. The van der Waals surface area contributed by atoms with Crippen molar-refractivity contribution in [3.05, 3.63) is 60.2 Å². The molecule has 0 saturated carbocycles. The van der Waals surface area contributed by atoms with Gasteiger partial charge in [0.1, 0.15) is 0 Å². The number of rotatable bonds is 5. The van der Waals surface area contributed by atoms with Gasteiger partial charge in [0, 0.05) is 37.6 Å². The number of hydrogen-bond donors (Lipinski definition) is 1. The highest BCUT2D eigenvalue weighted by atomic mass is 16.2. The molecule has 0 radical (unpaired) electrons. The number of amides is 2. The third-order valence-corrected chi connectivity index (χ3v) is 4.93. The number of anilines is 2. The minimum atomic E-state index is -0.599. The SMILES string of the molecule is CCN(Cc1ccccc1)C(=O)C(=O)Nc1ccc(N2CCCCC2)cc1. The Labute approximate surface area is 161 Å². The summed E-state index contributed by atoms with van der Waals surface area (Å²) in [4.78, 5) is 28.8. The van der Waals surface area contributed by atoms with E-state index in [1.165, 1.54) is 24.9 Å². The first-order valence-electron chi connectivity index (χ1n) is 9.66. The Hall–Kier alpha value is -2.82. The van der Waals surface area contributed by atoms with Crippen molar-refractivity contribution in [1.29, 1.82) is 0 Å². The molecular formula is C22H27N3O2. The maximum atomic E-state index is 12.5. The van der Waals surface area contributed by atoms with E-state index < -0.39 is 11.8 Å². The van der Waals surface area contributed by atoms with Gasteiger partial charge in [-0.05, 0) is 56.0 Å². The number of nitrogens with one attached hydrogen (secondary N) is 1. The minimum Gasteiger partial charge on any atom is -0.372 e. The van der Waals surface area contributed by atoms with Gasteiger partial charge < -0.3 is 15.1 Å². The summed E-state index contributed by atoms with van der Waals surface area (Å²) in [6.07, 6.45) is 3.74. The molecule has 142 valence electrons. The highest BCUT2D eigenvalue weighted by Gasteiger charge is 2.21. The van der Waals surface area contributed by atoms with E-state index in [1.807, 2.05) is 61.5 Å². The maximum absolute atomic E-state index is 12.5. The molecule has 1 aliphatic rings. The summed E-state index contributed by atoms with van der Waals surface area (Å²) in [5, 5.41) is 2.72. The zero-order valence-electron chi connectivity index (χ0n) is 15.9. The number of benzene rings is 2. The van der Waals surface area contributed by atoms with Crippen LogP contribution >= 0.6 is 0 Å². The third kappa shape index (κ3) is 5.09. The Morgan fingerprint density at radius 3 is 2.26 bits per heavy atom. The molecule has 5 heteroatoms. The van der Waals surface area contributed by atoms with Crippen LogP contribution in [-0.2, 0) is 16.1 Å². The molecule has 0 atom stereocenters. The quantitative estimate of drug-likeness (QED) is 0.823. The van der Waals surface area contributed by atoms with E-state index in [-0.39, 0.29) is 0 Å². The van der Waals surface area contributed by atoms with Crippen LogP contribution in [0.4, 0.5) is 11.4 Å². The lowest BCUT2D eigenvalue weighted by molar-refractivity contribution is -0.143. The number of nitrogens with zero attached hydrogens (tertiary/aromatic N) is 2. The highest BCUT2D eigenvalue weighted by Crippen LogP contribution is 2.21. The van der Waals surface area contributed by atoms with Gasteiger partial charge in [0.05, 0.1) is 0 Å². The fourth-order valence-corrected chi connectivity index (χ4v) is 3.37.